The standard InChI is InChI=1S/C18H23ClN2O2S/c19-15-5-3-13(4-6-15)17(22)14-7-9-21(10-8-14)18(24)20-12-16-2-1-11-23-16/h3-6,14,16H,1-2,7-12H2,(H,20,24). The highest BCUT2D eigenvalue weighted by Crippen LogP contribution is 2.23. The SMILES string of the molecule is O=C(c1ccc(Cl)cc1)C1CCN(C(=S)NCC2CCCO2)CC1. The van der Waals surface area contributed by atoms with E-state index in [0.717, 1.165) is 62.6 Å². The van der Waals surface area contributed by atoms with Crippen LogP contribution in [-0.2, 0) is 4.74 Å². The van der Waals surface area contributed by atoms with Gasteiger partial charge in [0.2, 0.25) is 0 Å². The fraction of sp³-hybridized carbons (Fsp3) is 0.556. The normalized spacial score (nSPS) is 21.7. The van der Waals surface area contributed by atoms with Crippen LogP contribution in [0, 0.1) is 5.92 Å². The number of hydrogen-bond donors (Lipinski definition) is 1. The largest absolute Gasteiger partial charge is 0.376 e. The third-order valence-electron chi connectivity index (χ3n) is 4.79. The summed E-state index contributed by atoms with van der Waals surface area (Å²) in [7, 11) is 0. The van der Waals surface area contributed by atoms with Crippen molar-refractivity contribution < 1.29 is 9.53 Å². The number of carbonyl (C=O) groups excluding carboxylic acids is 1. The number of rotatable bonds is 4. The molecule has 1 unspecified atom stereocenters. The Bertz CT molecular complexity index is 579. The van der Waals surface area contributed by atoms with E-state index in [1.54, 1.807) is 12.1 Å². The zero-order chi connectivity index (χ0) is 16.9. The monoisotopic (exact) mass is 366 g/mol. The lowest BCUT2D eigenvalue weighted by atomic mass is 9.89. The topological polar surface area (TPSA) is 41.6 Å². The lowest BCUT2D eigenvalue weighted by Crippen LogP contribution is -2.47. The minimum atomic E-state index is 0.0726. The van der Waals surface area contributed by atoms with Crippen LogP contribution in [0.2, 0.25) is 5.02 Å². The van der Waals surface area contributed by atoms with Crippen molar-refractivity contribution in [3.05, 3.63) is 34.9 Å². The molecule has 3 rings (SSSR count). The van der Waals surface area contributed by atoms with E-state index >= 15 is 0 Å². The first-order valence-corrected chi connectivity index (χ1v) is 9.36. The number of piperidine rings is 1. The molecule has 2 saturated heterocycles. The van der Waals surface area contributed by atoms with Crippen LogP contribution in [0.5, 0.6) is 0 Å². The molecular formula is C18H23ClN2O2S. The molecule has 1 atom stereocenters. The number of ether oxygens (including phenoxy) is 1. The Morgan fingerprint density at radius 3 is 2.58 bits per heavy atom. The molecule has 2 aliphatic heterocycles. The zero-order valence-electron chi connectivity index (χ0n) is 13.7. The summed E-state index contributed by atoms with van der Waals surface area (Å²) in [5, 5.41) is 4.75. The number of carbonyl (C=O) groups is 1. The van der Waals surface area contributed by atoms with Crippen LogP contribution in [0.25, 0.3) is 0 Å². The third kappa shape index (κ3) is 4.47. The van der Waals surface area contributed by atoms with Crippen LogP contribution < -0.4 is 5.32 Å². The molecule has 0 bridgehead atoms. The smallest absolute Gasteiger partial charge is 0.169 e. The summed E-state index contributed by atoms with van der Waals surface area (Å²) in [5.74, 6) is 0.285. The van der Waals surface area contributed by atoms with Crippen molar-refractivity contribution in [2.45, 2.75) is 31.8 Å². The molecule has 130 valence electrons. The van der Waals surface area contributed by atoms with Gasteiger partial charge in [0.15, 0.2) is 10.9 Å². The van der Waals surface area contributed by atoms with Crippen LogP contribution in [0.4, 0.5) is 0 Å². The Kier molecular flexibility index (Phi) is 6.09. The van der Waals surface area contributed by atoms with E-state index in [4.69, 9.17) is 28.6 Å². The Hall–Kier alpha value is -1.17. The zero-order valence-corrected chi connectivity index (χ0v) is 15.2. The van der Waals surface area contributed by atoms with Gasteiger partial charge in [0.05, 0.1) is 6.10 Å². The van der Waals surface area contributed by atoms with Crippen LogP contribution in [0.15, 0.2) is 24.3 Å². The van der Waals surface area contributed by atoms with E-state index in [1.165, 1.54) is 0 Å². The van der Waals surface area contributed by atoms with E-state index < -0.39 is 0 Å². The van der Waals surface area contributed by atoms with Crippen molar-refractivity contribution in [1.82, 2.24) is 10.2 Å². The molecule has 0 amide bonds. The quantitative estimate of drug-likeness (QED) is 0.654. The number of hydrogen-bond acceptors (Lipinski definition) is 3. The second-order valence-corrected chi connectivity index (χ2v) is 7.28. The maximum Gasteiger partial charge on any atom is 0.169 e. The summed E-state index contributed by atoms with van der Waals surface area (Å²) in [6.45, 7) is 3.28. The van der Waals surface area contributed by atoms with Crippen molar-refractivity contribution >= 4 is 34.7 Å². The highest BCUT2D eigenvalue weighted by molar-refractivity contribution is 7.80. The summed E-state index contributed by atoms with van der Waals surface area (Å²) in [6.07, 6.45) is 4.20. The molecule has 1 aromatic carbocycles. The van der Waals surface area contributed by atoms with Gasteiger partial charge < -0.3 is 15.0 Å². The second kappa shape index (κ2) is 8.28. The van der Waals surface area contributed by atoms with Crippen molar-refractivity contribution in [2.75, 3.05) is 26.2 Å². The average Bonchev–Trinajstić information content (AvgIpc) is 3.13. The van der Waals surface area contributed by atoms with Gasteiger partial charge in [0.25, 0.3) is 0 Å². The number of likely N-dealkylation sites (tertiary alicyclic amines) is 1. The molecule has 2 fully saturated rings. The van der Waals surface area contributed by atoms with Gasteiger partial charge in [0, 0.05) is 42.7 Å². The molecule has 1 aromatic rings. The summed E-state index contributed by atoms with van der Waals surface area (Å²) < 4.78 is 5.60. The van der Waals surface area contributed by atoms with Gasteiger partial charge in [-0.3, -0.25) is 4.79 Å². The van der Waals surface area contributed by atoms with Crippen LogP contribution in [0.1, 0.15) is 36.0 Å². The van der Waals surface area contributed by atoms with Gasteiger partial charge in [-0.15, -0.1) is 0 Å². The number of thiocarbonyl (C=S) groups is 1. The minimum absolute atomic E-state index is 0.0726. The van der Waals surface area contributed by atoms with E-state index in [1.807, 2.05) is 12.1 Å². The molecule has 6 heteroatoms. The van der Waals surface area contributed by atoms with Gasteiger partial charge >= 0.3 is 0 Å². The first-order valence-electron chi connectivity index (χ1n) is 8.57. The summed E-state index contributed by atoms with van der Waals surface area (Å²) in [4.78, 5) is 14.7. The highest BCUT2D eigenvalue weighted by atomic mass is 35.5. The number of halogens is 1. The minimum Gasteiger partial charge on any atom is -0.376 e. The number of ketones is 1. The van der Waals surface area contributed by atoms with E-state index in [2.05, 4.69) is 10.2 Å². The van der Waals surface area contributed by atoms with Gasteiger partial charge in [-0.1, -0.05) is 11.6 Å². The molecule has 0 aromatic heterocycles. The predicted octanol–water partition coefficient (Wildman–Crippen LogP) is 3.29. The Morgan fingerprint density at radius 2 is 1.96 bits per heavy atom. The van der Waals surface area contributed by atoms with E-state index in [9.17, 15) is 4.79 Å². The maximum atomic E-state index is 12.6. The number of nitrogens with one attached hydrogen (secondary N) is 1. The summed E-state index contributed by atoms with van der Waals surface area (Å²) in [6, 6.07) is 7.16. The third-order valence-corrected chi connectivity index (χ3v) is 5.44. The molecule has 2 aliphatic rings. The molecule has 0 spiro atoms. The van der Waals surface area contributed by atoms with Crippen molar-refractivity contribution in [2.24, 2.45) is 5.92 Å². The maximum absolute atomic E-state index is 12.6. The van der Waals surface area contributed by atoms with Crippen molar-refractivity contribution in [3.8, 4) is 0 Å². The molecule has 0 aliphatic carbocycles. The van der Waals surface area contributed by atoms with Gasteiger partial charge in [-0.05, 0) is 62.2 Å². The molecule has 0 saturated carbocycles. The lowest BCUT2D eigenvalue weighted by molar-refractivity contribution is 0.0871. The number of nitrogens with zero attached hydrogens (tertiary/aromatic N) is 1. The summed E-state index contributed by atoms with van der Waals surface area (Å²) in [5.41, 5.74) is 0.747. The van der Waals surface area contributed by atoms with Crippen molar-refractivity contribution in [1.29, 1.82) is 0 Å². The molecule has 24 heavy (non-hydrogen) atoms. The van der Waals surface area contributed by atoms with Gasteiger partial charge in [0.1, 0.15) is 0 Å². The molecule has 2 heterocycles. The molecular weight excluding hydrogens is 344 g/mol. The van der Waals surface area contributed by atoms with Crippen molar-refractivity contribution in [3.63, 3.8) is 0 Å². The molecule has 1 N–H and O–H groups in total. The van der Waals surface area contributed by atoms with Gasteiger partial charge in [-0.25, -0.2) is 0 Å². The Morgan fingerprint density at radius 1 is 1.25 bits per heavy atom. The molecule has 0 radical (unpaired) electrons. The van der Waals surface area contributed by atoms with E-state index in [0.29, 0.717) is 5.02 Å². The number of benzene rings is 1. The predicted molar refractivity (Wildman–Crippen MR) is 99.7 cm³/mol. The number of Topliss-reactive ketones (excluding diaryl/α,β-unsaturated/α-hetero) is 1. The van der Waals surface area contributed by atoms with E-state index in [-0.39, 0.29) is 17.8 Å². The highest BCUT2D eigenvalue weighted by Gasteiger charge is 2.27. The van der Waals surface area contributed by atoms with Crippen LogP contribution in [0.3, 0.4) is 0 Å². The first-order chi connectivity index (χ1) is 11.6. The lowest BCUT2D eigenvalue weighted by Gasteiger charge is -2.33. The summed E-state index contributed by atoms with van der Waals surface area (Å²) >= 11 is 11.4. The van der Waals surface area contributed by atoms with Crippen LogP contribution in [-0.4, -0.2) is 48.1 Å². The van der Waals surface area contributed by atoms with Crippen LogP contribution >= 0.6 is 23.8 Å². The Balaban J connectivity index is 1.45. The molecule has 4 nitrogen and oxygen atoms in total. The Labute approximate surface area is 153 Å². The fourth-order valence-corrected chi connectivity index (χ4v) is 3.70. The second-order valence-electron chi connectivity index (χ2n) is 6.45. The average molecular weight is 367 g/mol. The first kappa shape index (κ1) is 17.6. The fourth-order valence-electron chi connectivity index (χ4n) is 3.31. The van der Waals surface area contributed by atoms with Gasteiger partial charge in [-0.2, -0.15) is 0 Å².